The monoisotopic (exact) mass is 270 g/mol. The molecule has 0 amide bonds. The first kappa shape index (κ1) is 12.8. The second-order valence-electron chi connectivity index (χ2n) is 4.76. The van der Waals surface area contributed by atoms with Gasteiger partial charge in [-0.2, -0.15) is 0 Å². The van der Waals surface area contributed by atoms with Gasteiger partial charge in [-0.05, 0) is 43.8 Å². The lowest BCUT2D eigenvalue weighted by atomic mass is 10.0. The van der Waals surface area contributed by atoms with Crippen LogP contribution >= 0.6 is 0 Å². The summed E-state index contributed by atoms with van der Waals surface area (Å²) in [6, 6.07) is 10.6. The Hall–Kier alpha value is -2.20. The molecular weight excluding hydrogens is 255 g/mol. The first-order valence-corrected chi connectivity index (χ1v) is 6.47. The van der Waals surface area contributed by atoms with Gasteiger partial charge in [0.2, 0.25) is 0 Å². The number of fused-ring (bicyclic) bond motifs is 1. The highest BCUT2D eigenvalue weighted by atomic mass is 19.1. The van der Waals surface area contributed by atoms with Gasteiger partial charge in [0.1, 0.15) is 5.76 Å². The fourth-order valence-corrected chi connectivity index (χ4v) is 2.41. The molecule has 2 aromatic heterocycles. The van der Waals surface area contributed by atoms with Crippen molar-refractivity contribution >= 4 is 11.0 Å². The molecule has 0 saturated heterocycles. The molecular formula is C16H15FN2O. The number of nitrogens with zero attached hydrogens (tertiary/aromatic N) is 1. The van der Waals surface area contributed by atoms with Crippen LogP contribution in [0.4, 0.5) is 4.39 Å². The summed E-state index contributed by atoms with van der Waals surface area (Å²) in [4.78, 5) is 4.19. The highest BCUT2D eigenvalue weighted by molar-refractivity contribution is 5.78. The molecule has 0 aliphatic carbocycles. The van der Waals surface area contributed by atoms with Gasteiger partial charge in [0, 0.05) is 17.3 Å². The van der Waals surface area contributed by atoms with E-state index in [2.05, 4.69) is 10.3 Å². The number of para-hydroxylation sites is 1. The molecule has 0 radical (unpaired) electrons. The van der Waals surface area contributed by atoms with Gasteiger partial charge in [0.05, 0.1) is 6.04 Å². The molecule has 0 spiro atoms. The third-order valence-electron chi connectivity index (χ3n) is 3.34. The van der Waals surface area contributed by atoms with Crippen molar-refractivity contribution in [3.8, 4) is 0 Å². The lowest BCUT2D eigenvalue weighted by Gasteiger charge is -2.14. The van der Waals surface area contributed by atoms with E-state index in [-0.39, 0.29) is 11.9 Å². The van der Waals surface area contributed by atoms with Crippen molar-refractivity contribution in [2.24, 2.45) is 0 Å². The molecule has 1 unspecified atom stereocenters. The van der Waals surface area contributed by atoms with Gasteiger partial charge in [0.25, 0.3) is 0 Å². The Morgan fingerprint density at radius 1 is 1.25 bits per heavy atom. The molecule has 0 bridgehead atoms. The molecule has 3 rings (SSSR count). The van der Waals surface area contributed by atoms with Gasteiger partial charge in [0.15, 0.2) is 11.4 Å². The minimum atomic E-state index is -0.338. The summed E-state index contributed by atoms with van der Waals surface area (Å²) in [5.74, 6) is 0.354. The third-order valence-corrected chi connectivity index (χ3v) is 3.34. The lowest BCUT2D eigenvalue weighted by molar-refractivity contribution is 0.476. The molecule has 0 aliphatic rings. The van der Waals surface area contributed by atoms with Gasteiger partial charge in [-0.1, -0.05) is 12.1 Å². The van der Waals surface area contributed by atoms with Crippen LogP contribution in [0, 0.1) is 12.7 Å². The minimum Gasteiger partial charge on any atom is -0.456 e. The fraction of sp³-hybridized carbons (Fsp3) is 0.188. The van der Waals surface area contributed by atoms with Gasteiger partial charge >= 0.3 is 0 Å². The maximum absolute atomic E-state index is 13.7. The van der Waals surface area contributed by atoms with E-state index in [0.717, 1.165) is 16.6 Å². The molecule has 0 aliphatic heterocycles. The van der Waals surface area contributed by atoms with E-state index in [1.807, 2.05) is 38.2 Å². The first-order chi connectivity index (χ1) is 9.69. The van der Waals surface area contributed by atoms with Crippen LogP contribution in [0.1, 0.15) is 23.1 Å². The van der Waals surface area contributed by atoms with Gasteiger partial charge in [-0.25, -0.2) is 4.39 Å². The number of nitrogens with one attached hydrogen (secondary N) is 1. The zero-order valence-electron chi connectivity index (χ0n) is 11.4. The van der Waals surface area contributed by atoms with Crippen LogP contribution in [0.3, 0.4) is 0 Å². The third kappa shape index (κ3) is 2.18. The molecule has 1 N–H and O–H groups in total. The molecule has 2 heterocycles. The van der Waals surface area contributed by atoms with Crippen LogP contribution in [0.5, 0.6) is 0 Å². The van der Waals surface area contributed by atoms with Gasteiger partial charge < -0.3 is 9.73 Å². The SMILES string of the molecule is CNC(c1ccnc(C)c1)c1cc2cccc(F)c2o1. The van der Waals surface area contributed by atoms with Crippen LogP contribution in [-0.4, -0.2) is 12.0 Å². The summed E-state index contributed by atoms with van der Waals surface area (Å²) >= 11 is 0. The highest BCUT2D eigenvalue weighted by Crippen LogP contribution is 2.29. The summed E-state index contributed by atoms with van der Waals surface area (Å²) in [6.45, 7) is 1.94. The van der Waals surface area contributed by atoms with Crippen LogP contribution in [-0.2, 0) is 0 Å². The second kappa shape index (κ2) is 5.06. The first-order valence-electron chi connectivity index (χ1n) is 6.47. The quantitative estimate of drug-likeness (QED) is 0.790. The maximum Gasteiger partial charge on any atom is 0.169 e. The highest BCUT2D eigenvalue weighted by Gasteiger charge is 2.18. The van der Waals surface area contributed by atoms with Crippen molar-refractivity contribution < 1.29 is 8.81 Å². The lowest BCUT2D eigenvalue weighted by Crippen LogP contribution is -2.17. The number of aromatic nitrogens is 1. The van der Waals surface area contributed by atoms with E-state index in [0.29, 0.717) is 11.3 Å². The number of rotatable bonds is 3. The number of benzene rings is 1. The average Bonchev–Trinajstić information content (AvgIpc) is 2.85. The summed E-state index contributed by atoms with van der Waals surface area (Å²) in [5, 5.41) is 3.97. The van der Waals surface area contributed by atoms with E-state index in [4.69, 9.17) is 4.42 Å². The Labute approximate surface area is 116 Å². The number of pyridine rings is 1. The van der Waals surface area contributed by atoms with Gasteiger partial charge in [-0.3, -0.25) is 4.98 Å². The van der Waals surface area contributed by atoms with Crippen molar-refractivity contribution in [2.45, 2.75) is 13.0 Å². The summed E-state index contributed by atoms with van der Waals surface area (Å²) in [6.07, 6.45) is 1.76. The van der Waals surface area contributed by atoms with E-state index < -0.39 is 0 Å². The Morgan fingerprint density at radius 3 is 2.80 bits per heavy atom. The van der Waals surface area contributed by atoms with Crippen molar-refractivity contribution in [3.63, 3.8) is 0 Å². The molecule has 3 nitrogen and oxygen atoms in total. The van der Waals surface area contributed by atoms with Crippen molar-refractivity contribution in [1.82, 2.24) is 10.3 Å². The summed E-state index contributed by atoms with van der Waals surface area (Å²) in [5.41, 5.74) is 2.28. The number of hydrogen-bond donors (Lipinski definition) is 1. The molecule has 102 valence electrons. The molecule has 3 aromatic rings. The average molecular weight is 270 g/mol. The van der Waals surface area contributed by atoms with E-state index in [1.165, 1.54) is 6.07 Å². The Bertz CT molecular complexity index is 751. The van der Waals surface area contributed by atoms with Crippen molar-refractivity contribution in [2.75, 3.05) is 7.05 Å². The molecule has 0 fully saturated rings. The minimum absolute atomic E-state index is 0.122. The zero-order valence-corrected chi connectivity index (χ0v) is 11.4. The van der Waals surface area contributed by atoms with Crippen LogP contribution in [0.25, 0.3) is 11.0 Å². The van der Waals surface area contributed by atoms with Crippen LogP contribution in [0.15, 0.2) is 47.0 Å². The predicted molar refractivity (Wildman–Crippen MR) is 76.0 cm³/mol. The molecule has 1 atom stereocenters. The maximum atomic E-state index is 13.7. The number of hydrogen-bond acceptors (Lipinski definition) is 3. The van der Waals surface area contributed by atoms with Crippen molar-refractivity contribution in [3.05, 3.63) is 65.4 Å². The van der Waals surface area contributed by atoms with Crippen LogP contribution in [0.2, 0.25) is 0 Å². The molecule has 4 heteroatoms. The molecule has 0 saturated carbocycles. The molecule has 20 heavy (non-hydrogen) atoms. The molecule has 1 aromatic carbocycles. The van der Waals surface area contributed by atoms with Crippen molar-refractivity contribution in [1.29, 1.82) is 0 Å². The smallest absolute Gasteiger partial charge is 0.169 e. The van der Waals surface area contributed by atoms with Gasteiger partial charge in [-0.15, -0.1) is 0 Å². The van der Waals surface area contributed by atoms with E-state index in [1.54, 1.807) is 12.3 Å². The number of furan rings is 1. The number of halogens is 1. The Morgan fingerprint density at radius 2 is 2.10 bits per heavy atom. The fourth-order valence-electron chi connectivity index (χ4n) is 2.41. The normalized spacial score (nSPS) is 12.8. The number of aryl methyl sites for hydroxylation is 1. The van der Waals surface area contributed by atoms with E-state index >= 15 is 0 Å². The van der Waals surface area contributed by atoms with E-state index in [9.17, 15) is 4.39 Å². The van der Waals surface area contributed by atoms with Crippen LogP contribution < -0.4 is 5.32 Å². The Balaban J connectivity index is 2.09. The summed E-state index contributed by atoms with van der Waals surface area (Å²) < 4.78 is 19.4. The Kier molecular flexibility index (Phi) is 3.24. The zero-order chi connectivity index (χ0) is 14.1. The largest absolute Gasteiger partial charge is 0.456 e. The summed E-state index contributed by atoms with van der Waals surface area (Å²) in [7, 11) is 1.85. The standard InChI is InChI=1S/C16H15FN2O/c1-10-8-11(6-7-19-10)15(18-2)14-9-12-4-3-5-13(17)16(12)20-14/h3-9,15,18H,1-2H3. The second-order valence-corrected chi connectivity index (χ2v) is 4.76. The predicted octanol–water partition coefficient (Wildman–Crippen LogP) is 3.58. The topological polar surface area (TPSA) is 38.1 Å².